The number of aliphatic hydroxyl groups is 1. The zero-order chi connectivity index (χ0) is 14.8. The van der Waals surface area contributed by atoms with Gasteiger partial charge in [0.05, 0.1) is 25.9 Å². The molecule has 0 radical (unpaired) electrons. The molecule has 1 unspecified atom stereocenters. The lowest BCUT2D eigenvalue weighted by molar-refractivity contribution is -0.00740. The number of rotatable bonds is 10. The normalized spacial score (nSPS) is 18.9. The molecule has 1 aliphatic rings. The molecule has 0 amide bonds. The maximum Gasteiger partial charge on any atom is 0.0900 e. The highest BCUT2D eigenvalue weighted by molar-refractivity contribution is 4.76. The Balaban J connectivity index is 2.26. The van der Waals surface area contributed by atoms with E-state index in [2.05, 4.69) is 24.1 Å². The van der Waals surface area contributed by atoms with Crippen LogP contribution >= 0.6 is 0 Å². The summed E-state index contributed by atoms with van der Waals surface area (Å²) in [6.07, 6.45) is 2.06. The van der Waals surface area contributed by atoms with E-state index in [0.717, 1.165) is 25.6 Å². The second-order valence-corrected chi connectivity index (χ2v) is 5.96. The molecule has 0 spiro atoms. The predicted octanol–water partition coefficient (Wildman–Crippen LogP) is 0.720. The van der Waals surface area contributed by atoms with Gasteiger partial charge >= 0.3 is 0 Å². The van der Waals surface area contributed by atoms with Crippen molar-refractivity contribution in [1.29, 1.82) is 0 Å². The SMILES string of the molecule is COCCOCC(O)CN(CC1CCNCC1)C(C)C. The zero-order valence-corrected chi connectivity index (χ0v) is 13.3. The minimum atomic E-state index is -0.420. The van der Waals surface area contributed by atoms with E-state index < -0.39 is 6.10 Å². The third-order valence-electron chi connectivity index (χ3n) is 3.87. The van der Waals surface area contributed by atoms with Gasteiger partial charge in [-0.2, -0.15) is 0 Å². The van der Waals surface area contributed by atoms with Crippen molar-refractivity contribution in [2.24, 2.45) is 5.92 Å². The first kappa shape index (κ1) is 17.9. The Morgan fingerprint density at radius 3 is 2.55 bits per heavy atom. The van der Waals surface area contributed by atoms with Crippen LogP contribution in [0.2, 0.25) is 0 Å². The van der Waals surface area contributed by atoms with Gasteiger partial charge in [0, 0.05) is 26.2 Å². The van der Waals surface area contributed by atoms with Crippen LogP contribution in [0.3, 0.4) is 0 Å². The first-order valence-corrected chi connectivity index (χ1v) is 7.83. The summed E-state index contributed by atoms with van der Waals surface area (Å²) in [4.78, 5) is 2.38. The summed E-state index contributed by atoms with van der Waals surface area (Å²) in [5.74, 6) is 0.750. The molecular weight excluding hydrogens is 256 g/mol. The molecule has 0 saturated carbocycles. The van der Waals surface area contributed by atoms with Crippen LogP contribution in [0.1, 0.15) is 26.7 Å². The van der Waals surface area contributed by atoms with Crippen molar-refractivity contribution in [2.45, 2.75) is 38.8 Å². The largest absolute Gasteiger partial charge is 0.389 e. The van der Waals surface area contributed by atoms with Crippen molar-refractivity contribution < 1.29 is 14.6 Å². The Kier molecular flexibility index (Phi) is 9.39. The van der Waals surface area contributed by atoms with Crippen LogP contribution < -0.4 is 5.32 Å². The molecule has 5 nitrogen and oxygen atoms in total. The predicted molar refractivity (Wildman–Crippen MR) is 81.0 cm³/mol. The quantitative estimate of drug-likeness (QED) is 0.580. The number of hydrogen-bond donors (Lipinski definition) is 2. The summed E-state index contributed by atoms with van der Waals surface area (Å²) in [5.41, 5.74) is 0. The van der Waals surface area contributed by atoms with Gasteiger partial charge in [-0.15, -0.1) is 0 Å². The minimum absolute atomic E-state index is 0.388. The average molecular weight is 288 g/mol. The van der Waals surface area contributed by atoms with E-state index in [1.54, 1.807) is 7.11 Å². The molecule has 1 saturated heterocycles. The summed E-state index contributed by atoms with van der Waals surface area (Å²) < 4.78 is 10.3. The molecule has 0 aromatic heterocycles. The number of ether oxygens (including phenoxy) is 2. The van der Waals surface area contributed by atoms with Crippen molar-refractivity contribution in [3.05, 3.63) is 0 Å². The molecule has 1 heterocycles. The highest BCUT2D eigenvalue weighted by Gasteiger charge is 2.21. The van der Waals surface area contributed by atoms with E-state index in [1.807, 2.05) is 0 Å². The molecular formula is C15H32N2O3. The number of nitrogens with one attached hydrogen (secondary N) is 1. The minimum Gasteiger partial charge on any atom is -0.389 e. The Morgan fingerprint density at radius 2 is 1.95 bits per heavy atom. The number of hydrogen-bond acceptors (Lipinski definition) is 5. The second-order valence-electron chi connectivity index (χ2n) is 5.96. The standard InChI is InChI=1S/C15H32N2O3/c1-13(2)17(10-14-4-6-16-7-5-14)11-15(18)12-20-9-8-19-3/h13-16,18H,4-12H2,1-3H3. The summed E-state index contributed by atoms with van der Waals surface area (Å²) in [7, 11) is 1.65. The van der Waals surface area contributed by atoms with Crippen LogP contribution in [0.5, 0.6) is 0 Å². The van der Waals surface area contributed by atoms with Crippen LogP contribution in [0.15, 0.2) is 0 Å². The number of nitrogens with zero attached hydrogens (tertiary/aromatic N) is 1. The third kappa shape index (κ3) is 7.55. The van der Waals surface area contributed by atoms with Crippen molar-refractivity contribution >= 4 is 0 Å². The molecule has 0 aromatic carbocycles. The third-order valence-corrected chi connectivity index (χ3v) is 3.87. The van der Waals surface area contributed by atoms with Gasteiger partial charge in [-0.1, -0.05) is 0 Å². The van der Waals surface area contributed by atoms with E-state index in [4.69, 9.17) is 9.47 Å². The number of aliphatic hydroxyl groups excluding tert-OH is 1. The Bertz CT molecular complexity index is 233. The maximum atomic E-state index is 10.1. The summed E-state index contributed by atoms with van der Waals surface area (Å²) in [5, 5.41) is 13.5. The van der Waals surface area contributed by atoms with Gasteiger partial charge in [0.15, 0.2) is 0 Å². The van der Waals surface area contributed by atoms with Gasteiger partial charge in [-0.3, -0.25) is 4.90 Å². The van der Waals surface area contributed by atoms with Gasteiger partial charge < -0.3 is 19.9 Å². The van der Waals surface area contributed by atoms with Crippen molar-refractivity contribution in [1.82, 2.24) is 10.2 Å². The molecule has 0 aromatic rings. The number of methoxy groups -OCH3 is 1. The van der Waals surface area contributed by atoms with Gasteiger partial charge in [0.2, 0.25) is 0 Å². The average Bonchev–Trinajstić information content (AvgIpc) is 2.44. The fourth-order valence-electron chi connectivity index (χ4n) is 2.58. The van der Waals surface area contributed by atoms with Crippen molar-refractivity contribution in [2.75, 3.05) is 53.1 Å². The number of piperidine rings is 1. The van der Waals surface area contributed by atoms with E-state index in [9.17, 15) is 5.11 Å². The topological polar surface area (TPSA) is 54.0 Å². The lowest BCUT2D eigenvalue weighted by Crippen LogP contribution is -2.44. The van der Waals surface area contributed by atoms with Crippen molar-refractivity contribution in [3.63, 3.8) is 0 Å². The molecule has 1 rings (SSSR count). The molecule has 1 atom stereocenters. The van der Waals surface area contributed by atoms with Crippen molar-refractivity contribution in [3.8, 4) is 0 Å². The molecule has 2 N–H and O–H groups in total. The monoisotopic (exact) mass is 288 g/mol. The summed E-state index contributed by atoms with van der Waals surface area (Å²) in [6, 6.07) is 0.457. The fraction of sp³-hybridized carbons (Fsp3) is 1.00. The smallest absolute Gasteiger partial charge is 0.0900 e. The van der Waals surface area contributed by atoms with Gasteiger partial charge in [0.1, 0.15) is 0 Å². The molecule has 20 heavy (non-hydrogen) atoms. The summed E-state index contributed by atoms with van der Waals surface area (Å²) in [6.45, 7) is 9.92. The van der Waals surface area contributed by atoms with E-state index >= 15 is 0 Å². The van der Waals surface area contributed by atoms with E-state index in [1.165, 1.54) is 12.8 Å². The molecule has 5 heteroatoms. The zero-order valence-electron chi connectivity index (χ0n) is 13.3. The van der Waals surface area contributed by atoms with Crippen LogP contribution in [-0.2, 0) is 9.47 Å². The summed E-state index contributed by atoms with van der Waals surface area (Å²) >= 11 is 0. The molecule has 1 fully saturated rings. The lowest BCUT2D eigenvalue weighted by Gasteiger charge is -2.34. The molecule has 1 aliphatic heterocycles. The molecule has 0 bridgehead atoms. The van der Waals surface area contributed by atoms with Crippen LogP contribution in [0.4, 0.5) is 0 Å². The first-order valence-electron chi connectivity index (χ1n) is 7.83. The van der Waals surface area contributed by atoms with E-state index in [-0.39, 0.29) is 0 Å². The second kappa shape index (κ2) is 10.5. The van der Waals surface area contributed by atoms with Gasteiger partial charge in [-0.05, 0) is 45.7 Å². The molecule has 120 valence electrons. The van der Waals surface area contributed by atoms with Gasteiger partial charge in [-0.25, -0.2) is 0 Å². The van der Waals surface area contributed by atoms with Crippen LogP contribution in [0.25, 0.3) is 0 Å². The Hall–Kier alpha value is -0.200. The maximum absolute atomic E-state index is 10.1. The first-order chi connectivity index (χ1) is 9.63. The fourth-order valence-corrected chi connectivity index (χ4v) is 2.58. The Morgan fingerprint density at radius 1 is 1.25 bits per heavy atom. The van der Waals surface area contributed by atoms with Crippen LogP contribution in [0, 0.1) is 5.92 Å². The highest BCUT2D eigenvalue weighted by atomic mass is 16.5. The highest BCUT2D eigenvalue weighted by Crippen LogP contribution is 2.15. The van der Waals surface area contributed by atoms with Crippen LogP contribution in [-0.4, -0.2) is 75.3 Å². The molecule has 0 aliphatic carbocycles. The van der Waals surface area contributed by atoms with Gasteiger partial charge in [0.25, 0.3) is 0 Å². The lowest BCUT2D eigenvalue weighted by atomic mass is 9.97. The van der Waals surface area contributed by atoms with E-state index in [0.29, 0.717) is 32.4 Å². The Labute approximate surface area is 123 Å².